The Morgan fingerprint density at radius 1 is 1.24 bits per heavy atom. The Kier molecular flexibility index (Phi) is 5.01. The van der Waals surface area contributed by atoms with Crippen molar-refractivity contribution < 1.29 is 0 Å². The molecule has 0 saturated carbocycles. The molecule has 0 amide bonds. The highest BCUT2D eigenvalue weighted by Gasteiger charge is 2.16. The highest BCUT2D eigenvalue weighted by Crippen LogP contribution is 2.13. The first-order chi connectivity index (χ1) is 8.25. The van der Waals surface area contributed by atoms with Gasteiger partial charge in [0.05, 0.1) is 0 Å². The number of piperidine rings is 1. The van der Waals surface area contributed by atoms with Gasteiger partial charge in [-0.25, -0.2) is 0 Å². The monoisotopic (exact) mass is 296 g/mol. The van der Waals surface area contributed by atoms with Crippen molar-refractivity contribution in [2.45, 2.75) is 25.3 Å². The van der Waals surface area contributed by atoms with Crippen LogP contribution in [0.1, 0.15) is 18.4 Å². The molecule has 1 saturated heterocycles. The van der Waals surface area contributed by atoms with E-state index >= 15 is 0 Å². The van der Waals surface area contributed by atoms with E-state index in [0.717, 1.165) is 23.5 Å². The van der Waals surface area contributed by atoms with Crippen LogP contribution in [0.4, 0.5) is 0 Å². The van der Waals surface area contributed by atoms with Gasteiger partial charge in [-0.3, -0.25) is 0 Å². The van der Waals surface area contributed by atoms with E-state index in [1.54, 1.807) is 0 Å². The molecule has 0 bridgehead atoms. The average molecular weight is 297 g/mol. The molecule has 17 heavy (non-hydrogen) atoms. The van der Waals surface area contributed by atoms with Crippen molar-refractivity contribution in [2.24, 2.45) is 0 Å². The quantitative estimate of drug-likeness (QED) is 0.919. The van der Waals surface area contributed by atoms with Gasteiger partial charge in [0.15, 0.2) is 0 Å². The van der Waals surface area contributed by atoms with Crippen molar-refractivity contribution in [1.29, 1.82) is 0 Å². The molecule has 2 nitrogen and oxygen atoms in total. The van der Waals surface area contributed by atoms with Gasteiger partial charge in [0.2, 0.25) is 0 Å². The van der Waals surface area contributed by atoms with Gasteiger partial charge in [-0.1, -0.05) is 28.1 Å². The molecule has 94 valence electrons. The van der Waals surface area contributed by atoms with E-state index < -0.39 is 0 Å². The molecule has 0 aliphatic carbocycles. The van der Waals surface area contributed by atoms with Crippen molar-refractivity contribution >= 4 is 15.9 Å². The minimum atomic E-state index is 0.770. The molecule has 3 heteroatoms. The maximum absolute atomic E-state index is 3.47. The first-order valence-corrected chi connectivity index (χ1v) is 7.20. The second-order valence-electron chi connectivity index (χ2n) is 4.84. The average Bonchev–Trinajstić information content (AvgIpc) is 2.39. The zero-order valence-electron chi connectivity index (χ0n) is 10.5. The van der Waals surface area contributed by atoms with Gasteiger partial charge in [-0.05, 0) is 57.1 Å². The third-order valence-corrected chi connectivity index (χ3v) is 4.13. The molecule has 1 fully saturated rings. The molecule has 0 unspecified atom stereocenters. The molecular formula is C14H21BrN2. The fraction of sp³-hybridized carbons (Fsp3) is 0.571. The molecular weight excluding hydrogens is 276 g/mol. The summed E-state index contributed by atoms with van der Waals surface area (Å²) in [6.45, 7) is 3.51. The summed E-state index contributed by atoms with van der Waals surface area (Å²) in [5.74, 6) is 0. The van der Waals surface area contributed by atoms with Gasteiger partial charge in [0.1, 0.15) is 0 Å². The van der Waals surface area contributed by atoms with Gasteiger partial charge < -0.3 is 10.2 Å². The summed E-state index contributed by atoms with van der Waals surface area (Å²) in [7, 11) is 2.26. The predicted molar refractivity (Wildman–Crippen MR) is 76.4 cm³/mol. The van der Waals surface area contributed by atoms with Crippen molar-refractivity contribution in [3.8, 4) is 0 Å². The molecule has 1 aliphatic rings. The first-order valence-electron chi connectivity index (χ1n) is 6.41. The van der Waals surface area contributed by atoms with Crippen molar-refractivity contribution in [2.75, 3.05) is 26.7 Å². The van der Waals surface area contributed by atoms with Crippen molar-refractivity contribution in [3.05, 3.63) is 34.3 Å². The van der Waals surface area contributed by atoms with Crippen LogP contribution in [-0.4, -0.2) is 37.6 Å². The summed E-state index contributed by atoms with van der Waals surface area (Å²) in [4.78, 5) is 2.52. The summed E-state index contributed by atoms with van der Waals surface area (Å²) in [6.07, 6.45) is 3.72. The molecule has 1 heterocycles. The summed E-state index contributed by atoms with van der Waals surface area (Å²) < 4.78 is 1.16. The minimum Gasteiger partial charge on any atom is -0.317 e. The van der Waals surface area contributed by atoms with Gasteiger partial charge >= 0.3 is 0 Å². The normalized spacial score (nSPS) is 17.6. The summed E-state index contributed by atoms with van der Waals surface area (Å²) in [6, 6.07) is 9.44. The lowest BCUT2D eigenvalue weighted by molar-refractivity contribution is 0.201. The number of nitrogens with one attached hydrogen (secondary N) is 1. The SMILES string of the molecule is CN(CCc1ccc(Br)cc1)C1CCNCC1. The van der Waals surface area contributed by atoms with E-state index in [1.807, 2.05) is 0 Å². The number of likely N-dealkylation sites (N-methyl/N-ethyl adjacent to an activating group) is 1. The van der Waals surface area contributed by atoms with Crippen LogP contribution in [0.15, 0.2) is 28.7 Å². The number of halogens is 1. The van der Waals surface area contributed by atoms with Crippen LogP contribution < -0.4 is 5.32 Å². The van der Waals surface area contributed by atoms with Crippen LogP contribution >= 0.6 is 15.9 Å². The van der Waals surface area contributed by atoms with E-state index in [-0.39, 0.29) is 0 Å². The zero-order valence-corrected chi connectivity index (χ0v) is 12.0. The van der Waals surface area contributed by atoms with Gasteiger partial charge in [-0.2, -0.15) is 0 Å². The van der Waals surface area contributed by atoms with E-state index in [2.05, 4.69) is 57.5 Å². The lowest BCUT2D eigenvalue weighted by Gasteiger charge is -2.31. The molecule has 0 spiro atoms. The highest BCUT2D eigenvalue weighted by molar-refractivity contribution is 9.10. The maximum Gasteiger partial charge on any atom is 0.0175 e. The van der Waals surface area contributed by atoms with Crippen LogP contribution in [0.5, 0.6) is 0 Å². The summed E-state index contributed by atoms with van der Waals surface area (Å²) in [5.41, 5.74) is 1.42. The molecule has 0 radical (unpaired) electrons. The van der Waals surface area contributed by atoms with E-state index in [1.165, 1.54) is 31.5 Å². The Balaban J connectivity index is 1.78. The fourth-order valence-corrected chi connectivity index (χ4v) is 2.65. The lowest BCUT2D eigenvalue weighted by atomic mass is 10.0. The second kappa shape index (κ2) is 6.53. The van der Waals surface area contributed by atoms with Crippen LogP contribution in [0, 0.1) is 0 Å². The number of hydrogen-bond acceptors (Lipinski definition) is 2. The first kappa shape index (κ1) is 13.1. The van der Waals surface area contributed by atoms with Crippen LogP contribution in [0.3, 0.4) is 0 Å². The molecule has 1 N–H and O–H groups in total. The van der Waals surface area contributed by atoms with E-state index in [9.17, 15) is 0 Å². The highest BCUT2D eigenvalue weighted by atomic mass is 79.9. The third kappa shape index (κ3) is 4.09. The number of benzene rings is 1. The van der Waals surface area contributed by atoms with E-state index in [4.69, 9.17) is 0 Å². The number of rotatable bonds is 4. The Morgan fingerprint density at radius 2 is 1.88 bits per heavy atom. The predicted octanol–water partition coefficient (Wildman–Crippen LogP) is 2.68. The Labute approximate surface area is 113 Å². The van der Waals surface area contributed by atoms with Crippen LogP contribution in [0.25, 0.3) is 0 Å². The van der Waals surface area contributed by atoms with Crippen LogP contribution in [0.2, 0.25) is 0 Å². The number of nitrogens with zero attached hydrogens (tertiary/aromatic N) is 1. The topological polar surface area (TPSA) is 15.3 Å². The summed E-state index contributed by atoms with van der Waals surface area (Å²) >= 11 is 3.47. The lowest BCUT2D eigenvalue weighted by Crippen LogP contribution is -2.41. The molecule has 0 aromatic heterocycles. The van der Waals surface area contributed by atoms with Gasteiger partial charge in [-0.15, -0.1) is 0 Å². The second-order valence-corrected chi connectivity index (χ2v) is 5.75. The molecule has 1 aliphatic heterocycles. The largest absolute Gasteiger partial charge is 0.317 e. The maximum atomic E-state index is 3.47. The molecule has 0 atom stereocenters. The van der Waals surface area contributed by atoms with E-state index in [0.29, 0.717) is 0 Å². The standard InChI is InChI=1S/C14H21BrN2/c1-17(14-6-9-16-10-7-14)11-8-12-2-4-13(15)5-3-12/h2-5,14,16H,6-11H2,1H3. The van der Waals surface area contributed by atoms with Gasteiger partial charge in [0, 0.05) is 17.1 Å². The number of hydrogen-bond donors (Lipinski definition) is 1. The summed E-state index contributed by atoms with van der Waals surface area (Å²) in [5, 5.41) is 3.42. The molecule has 1 aromatic carbocycles. The molecule has 1 aromatic rings. The van der Waals surface area contributed by atoms with Crippen molar-refractivity contribution in [1.82, 2.24) is 10.2 Å². The zero-order chi connectivity index (χ0) is 12.1. The Bertz CT molecular complexity index is 331. The van der Waals surface area contributed by atoms with Crippen LogP contribution in [-0.2, 0) is 6.42 Å². The van der Waals surface area contributed by atoms with Gasteiger partial charge in [0.25, 0.3) is 0 Å². The van der Waals surface area contributed by atoms with Crippen molar-refractivity contribution in [3.63, 3.8) is 0 Å². The third-order valence-electron chi connectivity index (χ3n) is 3.60. The fourth-order valence-electron chi connectivity index (χ4n) is 2.39. The minimum absolute atomic E-state index is 0.770. The Hall–Kier alpha value is -0.380. The smallest absolute Gasteiger partial charge is 0.0175 e. The molecule has 2 rings (SSSR count). The Morgan fingerprint density at radius 3 is 2.53 bits per heavy atom.